The van der Waals surface area contributed by atoms with Crippen LogP contribution in [0.1, 0.15) is 18.1 Å². The van der Waals surface area contributed by atoms with Crippen LogP contribution in [0.2, 0.25) is 0 Å². The second-order valence-electron chi connectivity index (χ2n) is 6.94. The molecule has 1 fully saturated rings. The van der Waals surface area contributed by atoms with E-state index in [9.17, 15) is 5.11 Å². The van der Waals surface area contributed by atoms with Gasteiger partial charge < -0.3 is 19.3 Å². The Hall–Kier alpha value is -1.72. The first-order valence-electron chi connectivity index (χ1n) is 9.27. The Kier molecular flexibility index (Phi) is 7.21. The van der Waals surface area contributed by atoms with E-state index in [0.29, 0.717) is 26.4 Å². The van der Waals surface area contributed by atoms with Crippen molar-refractivity contribution in [3.8, 4) is 0 Å². The number of hydrogen-bond acceptors (Lipinski definition) is 4. The molecule has 2 aromatic rings. The molecule has 0 spiro atoms. The van der Waals surface area contributed by atoms with E-state index in [2.05, 4.69) is 31.2 Å². The van der Waals surface area contributed by atoms with Crippen molar-refractivity contribution in [2.75, 3.05) is 19.8 Å². The van der Waals surface area contributed by atoms with Crippen LogP contribution in [0.5, 0.6) is 0 Å². The highest BCUT2D eigenvalue weighted by Gasteiger charge is 2.38. The van der Waals surface area contributed by atoms with Crippen LogP contribution in [0, 0.1) is 11.8 Å². The zero-order valence-corrected chi connectivity index (χ0v) is 15.3. The smallest absolute Gasteiger partial charge is 0.0859 e. The molecule has 1 heterocycles. The fourth-order valence-electron chi connectivity index (χ4n) is 3.41. The van der Waals surface area contributed by atoms with Gasteiger partial charge in [-0.05, 0) is 11.1 Å². The Bertz CT molecular complexity index is 631. The zero-order chi connectivity index (χ0) is 18.2. The number of hydrogen-bond donors (Lipinski definition) is 1. The second kappa shape index (κ2) is 9.83. The summed E-state index contributed by atoms with van der Waals surface area (Å²) in [4.78, 5) is 0. The zero-order valence-electron chi connectivity index (χ0n) is 15.3. The number of aliphatic hydroxyl groups is 1. The van der Waals surface area contributed by atoms with Crippen LogP contribution in [0.3, 0.4) is 0 Å². The Morgan fingerprint density at radius 2 is 1.58 bits per heavy atom. The third kappa shape index (κ3) is 5.15. The van der Waals surface area contributed by atoms with Crippen molar-refractivity contribution < 1.29 is 19.3 Å². The normalized spacial score (nSPS) is 25.9. The molecule has 0 aliphatic carbocycles. The largest absolute Gasteiger partial charge is 0.396 e. The van der Waals surface area contributed by atoms with Gasteiger partial charge in [-0.2, -0.15) is 0 Å². The van der Waals surface area contributed by atoms with E-state index in [4.69, 9.17) is 14.2 Å². The molecule has 3 rings (SSSR count). The lowest BCUT2D eigenvalue weighted by Crippen LogP contribution is -2.49. The van der Waals surface area contributed by atoms with E-state index in [1.165, 1.54) is 0 Å². The molecular weight excluding hydrogens is 328 g/mol. The maximum atomic E-state index is 9.70. The first-order valence-corrected chi connectivity index (χ1v) is 9.27. The molecule has 1 aliphatic rings. The lowest BCUT2D eigenvalue weighted by atomic mass is 9.86. The highest BCUT2D eigenvalue weighted by Crippen LogP contribution is 2.29. The molecule has 1 N–H and O–H groups in total. The third-order valence-corrected chi connectivity index (χ3v) is 5.01. The topological polar surface area (TPSA) is 47.9 Å². The van der Waals surface area contributed by atoms with Crippen molar-refractivity contribution in [2.45, 2.75) is 32.3 Å². The van der Waals surface area contributed by atoms with E-state index >= 15 is 0 Å². The summed E-state index contributed by atoms with van der Waals surface area (Å²) in [5.74, 6) is 0.152. The van der Waals surface area contributed by atoms with Gasteiger partial charge in [0.1, 0.15) is 0 Å². The Balaban J connectivity index is 1.53. The molecule has 2 aromatic carbocycles. The van der Waals surface area contributed by atoms with Gasteiger partial charge in [0, 0.05) is 11.8 Å². The predicted molar refractivity (Wildman–Crippen MR) is 101 cm³/mol. The summed E-state index contributed by atoms with van der Waals surface area (Å²) < 4.78 is 18.0. The minimum Gasteiger partial charge on any atom is -0.396 e. The molecule has 4 heteroatoms. The third-order valence-electron chi connectivity index (χ3n) is 5.01. The molecule has 0 unspecified atom stereocenters. The van der Waals surface area contributed by atoms with Crippen LogP contribution in [0.25, 0.3) is 0 Å². The molecule has 0 aromatic heterocycles. The molecule has 0 amide bonds. The molecule has 1 saturated heterocycles. The van der Waals surface area contributed by atoms with Gasteiger partial charge in [-0.15, -0.1) is 0 Å². The molecule has 4 atom stereocenters. The monoisotopic (exact) mass is 356 g/mol. The summed E-state index contributed by atoms with van der Waals surface area (Å²) in [6, 6.07) is 20.3. The van der Waals surface area contributed by atoms with Crippen LogP contribution in [-0.2, 0) is 27.4 Å². The maximum absolute atomic E-state index is 9.70. The van der Waals surface area contributed by atoms with Gasteiger partial charge >= 0.3 is 0 Å². The first kappa shape index (κ1) is 19.1. The van der Waals surface area contributed by atoms with Crippen LogP contribution >= 0.6 is 0 Å². The van der Waals surface area contributed by atoms with Gasteiger partial charge in [-0.3, -0.25) is 0 Å². The Morgan fingerprint density at radius 3 is 2.19 bits per heavy atom. The average molecular weight is 356 g/mol. The fraction of sp³-hybridized carbons (Fsp3) is 0.455. The van der Waals surface area contributed by atoms with Gasteiger partial charge in [0.15, 0.2) is 0 Å². The average Bonchev–Trinajstić information content (AvgIpc) is 2.69. The van der Waals surface area contributed by atoms with Crippen molar-refractivity contribution in [1.82, 2.24) is 0 Å². The standard InChI is InChI=1S/C22H28O4/c1-17-21(16-24-13-18-8-4-2-5-9-18)25-15-20(12-23)22(17)26-14-19-10-6-3-7-11-19/h2-11,17,20-23H,12-16H2,1H3/t17-,20+,21+,22-/m0/s1. The summed E-state index contributed by atoms with van der Waals surface area (Å²) in [5, 5.41) is 9.70. The fourth-order valence-corrected chi connectivity index (χ4v) is 3.41. The molecule has 4 nitrogen and oxygen atoms in total. The molecule has 0 saturated carbocycles. The van der Waals surface area contributed by atoms with Crippen molar-refractivity contribution in [1.29, 1.82) is 0 Å². The summed E-state index contributed by atoms with van der Waals surface area (Å²) in [5.41, 5.74) is 2.29. The van der Waals surface area contributed by atoms with Gasteiger partial charge in [-0.1, -0.05) is 67.6 Å². The molecule has 1 aliphatic heterocycles. The highest BCUT2D eigenvalue weighted by atomic mass is 16.5. The van der Waals surface area contributed by atoms with Crippen molar-refractivity contribution in [3.05, 3.63) is 71.8 Å². The van der Waals surface area contributed by atoms with E-state index in [1.54, 1.807) is 0 Å². The minimum absolute atomic E-state index is 0.000847. The van der Waals surface area contributed by atoms with Gasteiger partial charge in [-0.25, -0.2) is 0 Å². The van der Waals surface area contributed by atoms with Crippen LogP contribution in [0.15, 0.2) is 60.7 Å². The highest BCUT2D eigenvalue weighted by molar-refractivity contribution is 5.14. The van der Waals surface area contributed by atoms with Crippen LogP contribution in [0.4, 0.5) is 0 Å². The quantitative estimate of drug-likeness (QED) is 0.787. The van der Waals surface area contributed by atoms with E-state index in [1.807, 2.05) is 36.4 Å². The first-order chi connectivity index (χ1) is 12.8. The molecular formula is C22H28O4. The number of aliphatic hydroxyl groups excluding tert-OH is 1. The lowest BCUT2D eigenvalue weighted by molar-refractivity contribution is -0.174. The summed E-state index contributed by atoms with van der Waals surface area (Å²) in [6.07, 6.45) is -0.0680. The SMILES string of the molecule is C[C@@H]1[C@H](OCc2ccccc2)[C@H](CO)CO[C@@H]1COCc1ccccc1. The summed E-state index contributed by atoms with van der Waals surface area (Å²) >= 11 is 0. The van der Waals surface area contributed by atoms with Crippen LogP contribution in [-0.4, -0.2) is 37.1 Å². The van der Waals surface area contributed by atoms with E-state index in [-0.39, 0.29) is 30.7 Å². The Morgan fingerprint density at radius 1 is 0.962 bits per heavy atom. The van der Waals surface area contributed by atoms with Crippen LogP contribution < -0.4 is 0 Å². The van der Waals surface area contributed by atoms with Crippen molar-refractivity contribution in [2.24, 2.45) is 11.8 Å². The predicted octanol–water partition coefficient (Wildman–Crippen LogP) is 3.43. The van der Waals surface area contributed by atoms with E-state index < -0.39 is 0 Å². The van der Waals surface area contributed by atoms with Crippen molar-refractivity contribution in [3.63, 3.8) is 0 Å². The van der Waals surface area contributed by atoms with Gasteiger partial charge in [0.05, 0.1) is 45.2 Å². The number of ether oxygens (including phenoxy) is 3. The summed E-state index contributed by atoms with van der Waals surface area (Å²) in [7, 11) is 0. The number of benzene rings is 2. The maximum Gasteiger partial charge on any atom is 0.0859 e. The Labute approximate surface area is 155 Å². The molecule has 26 heavy (non-hydrogen) atoms. The molecule has 140 valence electrons. The van der Waals surface area contributed by atoms with Crippen molar-refractivity contribution >= 4 is 0 Å². The number of rotatable bonds is 8. The minimum atomic E-state index is -0.0423. The van der Waals surface area contributed by atoms with Gasteiger partial charge in [0.25, 0.3) is 0 Å². The van der Waals surface area contributed by atoms with Gasteiger partial charge in [0.2, 0.25) is 0 Å². The lowest BCUT2D eigenvalue weighted by Gasteiger charge is -2.40. The molecule has 0 bridgehead atoms. The second-order valence-corrected chi connectivity index (χ2v) is 6.94. The summed E-state index contributed by atoms with van der Waals surface area (Å²) in [6.45, 7) is 4.34. The molecule has 0 radical (unpaired) electrons. The van der Waals surface area contributed by atoms with E-state index in [0.717, 1.165) is 11.1 Å².